The lowest BCUT2D eigenvalue weighted by Crippen LogP contribution is -2.40. The third-order valence-electron chi connectivity index (χ3n) is 3.70. The number of hydrogen-bond donors (Lipinski definition) is 2. The van der Waals surface area contributed by atoms with Crippen molar-refractivity contribution < 1.29 is 19.2 Å². The van der Waals surface area contributed by atoms with Gasteiger partial charge in [-0.25, -0.2) is 4.79 Å². The summed E-state index contributed by atoms with van der Waals surface area (Å²) in [7, 11) is 0. The lowest BCUT2D eigenvalue weighted by atomic mass is 10.1. The standard InChI is InChI=1S/C15H23N3O4/c1-2-3-5-11(15(20)21)16-12(19)6-4-7-13-17-14(18-22-13)10-8-9-10/h10-11H,2-9H2,1H3,(H,16,19)(H,20,21)/t11-/m0/s1. The van der Waals surface area contributed by atoms with Crippen LogP contribution in [0.4, 0.5) is 0 Å². The molecule has 1 heterocycles. The van der Waals surface area contributed by atoms with Crippen molar-refractivity contribution in [1.29, 1.82) is 0 Å². The summed E-state index contributed by atoms with van der Waals surface area (Å²) >= 11 is 0. The van der Waals surface area contributed by atoms with Gasteiger partial charge in [0.25, 0.3) is 0 Å². The molecule has 7 nitrogen and oxygen atoms in total. The molecule has 1 aromatic heterocycles. The molecule has 7 heteroatoms. The summed E-state index contributed by atoms with van der Waals surface area (Å²) < 4.78 is 5.13. The minimum Gasteiger partial charge on any atom is -0.480 e. The van der Waals surface area contributed by atoms with Crippen molar-refractivity contribution in [3.8, 4) is 0 Å². The predicted octanol–water partition coefficient (Wildman–Crippen LogP) is 2.03. The van der Waals surface area contributed by atoms with E-state index in [1.165, 1.54) is 0 Å². The number of amides is 1. The molecule has 1 saturated carbocycles. The number of aromatic nitrogens is 2. The molecule has 122 valence electrons. The largest absolute Gasteiger partial charge is 0.480 e. The van der Waals surface area contributed by atoms with Gasteiger partial charge in [0.05, 0.1) is 0 Å². The van der Waals surface area contributed by atoms with Crippen molar-refractivity contribution in [2.75, 3.05) is 0 Å². The van der Waals surface area contributed by atoms with E-state index in [4.69, 9.17) is 9.63 Å². The summed E-state index contributed by atoms with van der Waals surface area (Å²) in [6.45, 7) is 1.99. The van der Waals surface area contributed by atoms with Gasteiger partial charge >= 0.3 is 5.97 Å². The van der Waals surface area contributed by atoms with E-state index in [0.717, 1.165) is 31.5 Å². The van der Waals surface area contributed by atoms with Crippen molar-refractivity contribution in [3.63, 3.8) is 0 Å². The molecule has 0 unspecified atom stereocenters. The Kier molecular flexibility index (Phi) is 5.91. The van der Waals surface area contributed by atoms with E-state index in [0.29, 0.717) is 31.1 Å². The Labute approximate surface area is 129 Å². The van der Waals surface area contributed by atoms with Gasteiger partial charge < -0.3 is 14.9 Å². The maximum absolute atomic E-state index is 11.8. The molecule has 1 atom stereocenters. The number of unbranched alkanes of at least 4 members (excludes halogenated alkanes) is 1. The summed E-state index contributed by atoms with van der Waals surface area (Å²) in [5, 5.41) is 15.5. The highest BCUT2D eigenvalue weighted by molar-refractivity contribution is 5.83. The molecule has 0 saturated heterocycles. The van der Waals surface area contributed by atoms with Crippen LogP contribution in [0.1, 0.15) is 69.5 Å². The molecule has 1 aliphatic carbocycles. The lowest BCUT2D eigenvalue weighted by molar-refractivity contribution is -0.142. The Morgan fingerprint density at radius 1 is 1.41 bits per heavy atom. The van der Waals surface area contributed by atoms with Crippen LogP contribution < -0.4 is 5.32 Å². The highest BCUT2D eigenvalue weighted by atomic mass is 16.5. The number of hydrogen-bond acceptors (Lipinski definition) is 5. The van der Waals surface area contributed by atoms with Crippen LogP contribution in [0.25, 0.3) is 0 Å². The molecular weight excluding hydrogens is 286 g/mol. The SMILES string of the molecule is CCCC[C@H](NC(=O)CCCc1nc(C2CC2)no1)C(=O)O. The van der Waals surface area contributed by atoms with E-state index in [2.05, 4.69) is 15.5 Å². The minimum absolute atomic E-state index is 0.245. The van der Waals surface area contributed by atoms with Gasteiger partial charge in [0.15, 0.2) is 5.82 Å². The van der Waals surface area contributed by atoms with Crippen LogP contribution in [0, 0.1) is 0 Å². The van der Waals surface area contributed by atoms with E-state index in [9.17, 15) is 9.59 Å². The molecule has 1 aliphatic rings. The van der Waals surface area contributed by atoms with E-state index in [1.54, 1.807) is 0 Å². The quantitative estimate of drug-likeness (QED) is 0.685. The monoisotopic (exact) mass is 309 g/mol. The van der Waals surface area contributed by atoms with Gasteiger partial charge in [0.2, 0.25) is 11.8 Å². The molecule has 2 rings (SSSR count). The van der Waals surface area contributed by atoms with Gasteiger partial charge in [-0.15, -0.1) is 0 Å². The first kappa shape index (κ1) is 16.5. The molecule has 1 amide bonds. The van der Waals surface area contributed by atoms with Crippen molar-refractivity contribution in [1.82, 2.24) is 15.5 Å². The first-order valence-corrected chi connectivity index (χ1v) is 7.94. The summed E-state index contributed by atoms with van der Waals surface area (Å²) in [6.07, 6.45) is 5.76. The second-order valence-corrected chi connectivity index (χ2v) is 5.77. The number of carboxylic acid groups (broad SMARTS) is 1. The zero-order valence-corrected chi connectivity index (χ0v) is 12.9. The number of nitrogens with zero attached hydrogens (tertiary/aromatic N) is 2. The number of aliphatic carboxylic acids is 1. The number of nitrogens with one attached hydrogen (secondary N) is 1. The van der Waals surface area contributed by atoms with E-state index in [-0.39, 0.29) is 12.3 Å². The highest BCUT2D eigenvalue weighted by Crippen LogP contribution is 2.38. The van der Waals surface area contributed by atoms with Crippen molar-refractivity contribution in [3.05, 3.63) is 11.7 Å². The van der Waals surface area contributed by atoms with E-state index >= 15 is 0 Å². The van der Waals surface area contributed by atoms with Gasteiger partial charge in [-0.05, 0) is 25.7 Å². The molecule has 0 aliphatic heterocycles. The zero-order chi connectivity index (χ0) is 15.9. The Bertz CT molecular complexity index is 511. The maximum atomic E-state index is 11.8. The fraction of sp³-hybridized carbons (Fsp3) is 0.733. The smallest absolute Gasteiger partial charge is 0.326 e. The Hall–Kier alpha value is -1.92. The van der Waals surface area contributed by atoms with Crippen LogP contribution in [-0.2, 0) is 16.0 Å². The number of carboxylic acids is 1. The second-order valence-electron chi connectivity index (χ2n) is 5.77. The Morgan fingerprint density at radius 3 is 2.82 bits per heavy atom. The highest BCUT2D eigenvalue weighted by Gasteiger charge is 2.28. The fourth-order valence-corrected chi connectivity index (χ4v) is 2.21. The maximum Gasteiger partial charge on any atom is 0.326 e. The molecule has 1 aromatic rings. The number of aryl methyl sites for hydroxylation is 1. The van der Waals surface area contributed by atoms with Crippen LogP contribution in [0.5, 0.6) is 0 Å². The van der Waals surface area contributed by atoms with E-state index in [1.807, 2.05) is 6.92 Å². The van der Waals surface area contributed by atoms with Gasteiger partial charge in [0.1, 0.15) is 6.04 Å². The third-order valence-corrected chi connectivity index (χ3v) is 3.70. The van der Waals surface area contributed by atoms with Crippen LogP contribution in [0.3, 0.4) is 0 Å². The Balaban J connectivity index is 1.68. The van der Waals surface area contributed by atoms with Crippen LogP contribution >= 0.6 is 0 Å². The average molecular weight is 309 g/mol. The first-order valence-electron chi connectivity index (χ1n) is 7.94. The van der Waals surface area contributed by atoms with E-state index < -0.39 is 12.0 Å². The van der Waals surface area contributed by atoms with Crippen molar-refractivity contribution in [2.24, 2.45) is 0 Å². The van der Waals surface area contributed by atoms with Gasteiger partial charge in [-0.1, -0.05) is 24.9 Å². The topological polar surface area (TPSA) is 105 Å². The zero-order valence-electron chi connectivity index (χ0n) is 12.9. The number of carbonyl (C=O) groups excluding carboxylic acids is 1. The summed E-state index contributed by atoms with van der Waals surface area (Å²) in [4.78, 5) is 27.1. The van der Waals surface area contributed by atoms with Gasteiger partial charge in [-0.2, -0.15) is 4.98 Å². The normalized spacial score (nSPS) is 15.5. The van der Waals surface area contributed by atoms with Crippen LogP contribution in [0.2, 0.25) is 0 Å². The van der Waals surface area contributed by atoms with Gasteiger partial charge in [-0.3, -0.25) is 4.79 Å². The third kappa shape index (κ3) is 5.13. The number of carbonyl (C=O) groups is 2. The molecule has 0 radical (unpaired) electrons. The van der Waals surface area contributed by atoms with Gasteiger partial charge in [0, 0.05) is 18.8 Å². The van der Waals surface area contributed by atoms with Crippen molar-refractivity contribution >= 4 is 11.9 Å². The predicted molar refractivity (Wildman–Crippen MR) is 78.3 cm³/mol. The lowest BCUT2D eigenvalue weighted by Gasteiger charge is -2.13. The average Bonchev–Trinajstić information content (AvgIpc) is 3.23. The molecule has 0 spiro atoms. The molecule has 22 heavy (non-hydrogen) atoms. The summed E-state index contributed by atoms with van der Waals surface area (Å²) in [6, 6.07) is -0.794. The van der Waals surface area contributed by atoms with Crippen LogP contribution in [0.15, 0.2) is 4.52 Å². The second kappa shape index (κ2) is 7.91. The molecule has 0 bridgehead atoms. The summed E-state index contributed by atoms with van der Waals surface area (Å²) in [5.41, 5.74) is 0. The van der Waals surface area contributed by atoms with Crippen molar-refractivity contribution in [2.45, 2.75) is 70.3 Å². The Morgan fingerprint density at radius 2 is 2.18 bits per heavy atom. The molecule has 2 N–H and O–H groups in total. The summed E-state index contributed by atoms with van der Waals surface area (Å²) in [5.74, 6) is 0.550. The fourth-order valence-electron chi connectivity index (χ4n) is 2.21. The minimum atomic E-state index is -0.979. The molecule has 0 aromatic carbocycles. The van der Waals surface area contributed by atoms with Crippen LogP contribution in [-0.4, -0.2) is 33.2 Å². The molecule has 1 fully saturated rings. The first-order chi connectivity index (χ1) is 10.6. The molecular formula is C15H23N3O4. The number of rotatable bonds is 10.